The fraction of sp³-hybridized carbons (Fsp3) is 0.625. The van der Waals surface area contributed by atoms with Crippen molar-refractivity contribution in [2.45, 2.75) is 44.2 Å². The van der Waals surface area contributed by atoms with Crippen LogP contribution in [-0.2, 0) is 6.54 Å². The first-order chi connectivity index (χ1) is 9.58. The van der Waals surface area contributed by atoms with Crippen LogP contribution in [0.4, 0.5) is 10.1 Å². The molecule has 1 heterocycles. The summed E-state index contributed by atoms with van der Waals surface area (Å²) in [6.45, 7) is 2.22. The summed E-state index contributed by atoms with van der Waals surface area (Å²) in [5, 5.41) is 10.7. The molecular formula is C16H23FN2O. The van der Waals surface area contributed by atoms with Crippen molar-refractivity contribution in [1.82, 2.24) is 4.90 Å². The maximum absolute atomic E-state index is 13.9. The van der Waals surface area contributed by atoms with Crippen molar-refractivity contribution >= 4 is 5.69 Å². The van der Waals surface area contributed by atoms with Crippen LogP contribution in [0.25, 0.3) is 0 Å². The Morgan fingerprint density at radius 3 is 3.00 bits per heavy atom. The molecule has 2 atom stereocenters. The van der Waals surface area contributed by atoms with Crippen molar-refractivity contribution in [3.8, 4) is 0 Å². The van der Waals surface area contributed by atoms with Crippen molar-refractivity contribution in [3.63, 3.8) is 0 Å². The Morgan fingerprint density at radius 2 is 2.20 bits per heavy atom. The fourth-order valence-electron chi connectivity index (χ4n) is 3.75. The van der Waals surface area contributed by atoms with Crippen LogP contribution in [0.5, 0.6) is 0 Å². The minimum atomic E-state index is -0.477. The summed E-state index contributed by atoms with van der Waals surface area (Å²) in [7, 11) is 0. The summed E-state index contributed by atoms with van der Waals surface area (Å²) in [4.78, 5) is 2.24. The number of halogens is 1. The molecule has 0 spiro atoms. The molecule has 3 nitrogen and oxygen atoms in total. The number of nitrogens with zero attached hydrogens (tertiary/aromatic N) is 1. The average molecular weight is 278 g/mol. The van der Waals surface area contributed by atoms with Gasteiger partial charge in [0.05, 0.1) is 5.60 Å². The lowest BCUT2D eigenvalue weighted by molar-refractivity contribution is -0.0968. The van der Waals surface area contributed by atoms with Gasteiger partial charge in [0.1, 0.15) is 5.82 Å². The molecule has 2 unspecified atom stereocenters. The summed E-state index contributed by atoms with van der Waals surface area (Å²) in [5.74, 6) is 0.104. The van der Waals surface area contributed by atoms with Crippen molar-refractivity contribution in [3.05, 3.63) is 29.6 Å². The van der Waals surface area contributed by atoms with Crippen LogP contribution in [0.1, 0.15) is 37.7 Å². The number of benzene rings is 1. The van der Waals surface area contributed by atoms with Crippen molar-refractivity contribution < 1.29 is 9.50 Å². The molecule has 0 aromatic heterocycles. The highest BCUT2D eigenvalue weighted by molar-refractivity contribution is 5.47. The molecule has 1 aliphatic heterocycles. The highest BCUT2D eigenvalue weighted by atomic mass is 19.1. The van der Waals surface area contributed by atoms with Crippen LogP contribution in [0, 0.1) is 11.7 Å². The van der Waals surface area contributed by atoms with Gasteiger partial charge in [-0.1, -0.05) is 18.9 Å². The summed E-state index contributed by atoms with van der Waals surface area (Å²) < 4.78 is 13.9. The predicted molar refractivity (Wildman–Crippen MR) is 77.6 cm³/mol. The van der Waals surface area contributed by atoms with E-state index in [1.165, 1.54) is 12.5 Å². The number of hydrogen-bond donors (Lipinski definition) is 2. The predicted octanol–water partition coefficient (Wildman–Crippen LogP) is 2.53. The number of likely N-dealkylation sites (tertiary alicyclic amines) is 1. The maximum atomic E-state index is 13.9. The monoisotopic (exact) mass is 278 g/mol. The Kier molecular flexibility index (Phi) is 3.69. The lowest BCUT2D eigenvalue weighted by atomic mass is 9.71. The van der Waals surface area contributed by atoms with Crippen LogP contribution < -0.4 is 5.73 Å². The van der Waals surface area contributed by atoms with Crippen molar-refractivity contribution in [2.75, 3.05) is 18.8 Å². The fourth-order valence-corrected chi connectivity index (χ4v) is 3.75. The van der Waals surface area contributed by atoms with E-state index in [0.29, 0.717) is 23.7 Å². The molecule has 1 saturated carbocycles. The standard InChI is InChI=1S/C16H23FN2O/c17-14-5-3-6-15(18)13(14)11-19-9-8-16(20)7-2-1-4-12(16)10-19/h3,5-6,12,20H,1-2,4,7-11,18H2. The molecule has 1 aromatic carbocycles. The molecule has 1 aromatic rings. The molecule has 3 rings (SSSR count). The van der Waals surface area contributed by atoms with Crippen LogP contribution in [0.3, 0.4) is 0 Å². The Balaban J connectivity index is 1.71. The smallest absolute Gasteiger partial charge is 0.129 e. The van der Waals surface area contributed by atoms with E-state index in [2.05, 4.69) is 4.90 Å². The second kappa shape index (κ2) is 5.34. The van der Waals surface area contributed by atoms with Gasteiger partial charge in [-0.3, -0.25) is 4.90 Å². The van der Waals surface area contributed by atoms with E-state index in [4.69, 9.17) is 5.73 Å². The van der Waals surface area contributed by atoms with E-state index in [1.807, 2.05) is 0 Å². The highest BCUT2D eigenvalue weighted by Crippen LogP contribution is 2.40. The van der Waals surface area contributed by atoms with E-state index >= 15 is 0 Å². The Labute approximate surface area is 119 Å². The number of aliphatic hydroxyl groups is 1. The maximum Gasteiger partial charge on any atom is 0.129 e. The highest BCUT2D eigenvalue weighted by Gasteiger charge is 2.42. The Hall–Kier alpha value is -1.13. The summed E-state index contributed by atoms with van der Waals surface area (Å²) in [6.07, 6.45) is 5.13. The SMILES string of the molecule is Nc1cccc(F)c1CN1CCC2(O)CCCCC2C1. The zero-order valence-electron chi connectivity index (χ0n) is 11.8. The zero-order chi connectivity index (χ0) is 14.2. The molecule has 0 radical (unpaired) electrons. The molecule has 2 aliphatic rings. The van der Waals surface area contributed by atoms with Crippen LogP contribution in [-0.4, -0.2) is 28.7 Å². The average Bonchev–Trinajstić information content (AvgIpc) is 2.43. The van der Waals surface area contributed by atoms with Gasteiger partial charge in [0.25, 0.3) is 0 Å². The van der Waals surface area contributed by atoms with Gasteiger partial charge >= 0.3 is 0 Å². The Bertz CT molecular complexity index is 473. The molecule has 20 heavy (non-hydrogen) atoms. The van der Waals surface area contributed by atoms with Gasteiger partial charge in [-0.05, 0) is 31.4 Å². The lowest BCUT2D eigenvalue weighted by Gasteiger charge is -2.47. The zero-order valence-corrected chi connectivity index (χ0v) is 11.8. The van der Waals surface area contributed by atoms with Crippen LogP contribution >= 0.6 is 0 Å². The van der Waals surface area contributed by atoms with Gasteiger partial charge in [0.2, 0.25) is 0 Å². The third kappa shape index (κ3) is 2.54. The van der Waals surface area contributed by atoms with Gasteiger partial charge in [-0.2, -0.15) is 0 Å². The first-order valence-corrected chi connectivity index (χ1v) is 7.56. The van der Waals surface area contributed by atoms with Crippen molar-refractivity contribution in [2.24, 2.45) is 5.92 Å². The number of fused-ring (bicyclic) bond motifs is 1. The summed E-state index contributed by atoms with van der Waals surface area (Å²) in [5.41, 5.74) is 6.52. The minimum Gasteiger partial charge on any atom is -0.398 e. The topological polar surface area (TPSA) is 49.5 Å². The van der Waals surface area contributed by atoms with Gasteiger partial charge in [-0.15, -0.1) is 0 Å². The molecule has 4 heteroatoms. The molecule has 1 saturated heterocycles. The molecule has 3 N–H and O–H groups in total. The second-order valence-corrected chi connectivity index (χ2v) is 6.34. The number of piperidine rings is 1. The van der Waals surface area contributed by atoms with Gasteiger partial charge < -0.3 is 10.8 Å². The van der Waals surface area contributed by atoms with E-state index < -0.39 is 5.60 Å². The number of nitrogens with two attached hydrogens (primary N) is 1. The van der Waals surface area contributed by atoms with Gasteiger partial charge in [0.15, 0.2) is 0 Å². The van der Waals surface area contributed by atoms with Crippen molar-refractivity contribution in [1.29, 1.82) is 0 Å². The second-order valence-electron chi connectivity index (χ2n) is 6.34. The van der Waals surface area contributed by atoms with Crippen LogP contribution in [0.2, 0.25) is 0 Å². The third-order valence-corrected chi connectivity index (χ3v) is 5.05. The number of nitrogen functional groups attached to an aromatic ring is 1. The lowest BCUT2D eigenvalue weighted by Crippen LogP contribution is -2.53. The molecule has 2 fully saturated rings. The number of hydrogen-bond acceptors (Lipinski definition) is 3. The number of rotatable bonds is 2. The van der Waals surface area contributed by atoms with E-state index in [9.17, 15) is 9.50 Å². The normalized spacial score (nSPS) is 31.0. The van der Waals surface area contributed by atoms with E-state index in [-0.39, 0.29) is 5.82 Å². The molecule has 110 valence electrons. The quantitative estimate of drug-likeness (QED) is 0.817. The van der Waals surface area contributed by atoms with Crippen LogP contribution in [0.15, 0.2) is 18.2 Å². The third-order valence-electron chi connectivity index (χ3n) is 5.05. The summed E-state index contributed by atoms with van der Waals surface area (Å²) in [6, 6.07) is 4.86. The van der Waals surface area contributed by atoms with E-state index in [1.54, 1.807) is 12.1 Å². The van der Waals surface area contributed by atoms with E-state index in [0.717, 1.165) is 38.8 Å². The largest absolute Gasteiger partial charge is 0.398 e. The molecule has 1 aliphatic carbocycles. The minimum absolute atomic E-state index is 0.227. The van der Waals surface area contributed by atoms with Gasteiger partial charge in [-0.25, -0.2) is 4.39 Å². The number of anilines is 1. The van der Waals surface area contributed by atoms with Gasteiger partial charge in [0, 0.05) is 36.8 Å². The molecule has 0 bridgehead atoms. The molecule has 0 amide bonds. The molecular weight excluding hydrogens is 255 g/mol. The first kappa shape index (κ1) is 13.8. The first-order valence-electron chi connectivity index (χ1n) is 7.56. The summed E-state index contributed by atoms with van der Waals surface area (Å²) >= 11 is 0. The Morgan fingerprint density at radius 1 is 1.35 bits per heavy atom.